The van der Waals surface area contributed by atoms with E-state index in [0.717, 1.165) is 16.6 Å². The van der Waals surface area contributed by atoms with E-state index in [4.69, 9.17) is 16.2 Å². The first kappa shape index (κ1) is 19.3. The first-order chi connectivity index (χ1) is 12.7. The molecule has 0 radical (unpaired) electrons. The van der Waals surface area contributed by atoms with Crippen molar-refractivity contribution in [3.8, 4) is 0 Å². The lowest BCUT2D eigenvalue weighted by Gasteiger charge is -2.23. The van der Waals surface area contributed by atoms with Crippen LogP contribution in [0, 0.1) is 5.82 Å². The van der Waals surface area contributed by atoms with Gasteiger partial charge in [-0.25, -0.2) is 4.39 Å². The molecule has 3 rings (SSSR count). The predicted octanol–water partition coefficient (Wildman–Crippen LogP) is 2.75. The maximum atomic E-state index is 13.8. The lowest BCUT2D eigenvalue weighted by Crippen LogP contribution is -2.38. The molecule has 1 heterocycles. The van der Waals surface area contributed by atoms with Crippen LogP contribution in [-0.2, 0) is 11.3 Å². The zero-order valence-electron chi connectivity index (χ0n) is 15.4. The molecule has 6 N–H and O–H groups in total. The minimum absolute atomic E-state index is 0.0681. The number of benzene rings is 1. The Balaban J connectivity index is 1.70. The van der Waals surface area contributed by atoms with E-state index in [2.05, 4.69) is 10.3 Å². The van der Waals surface area contributed by atoms with Gasteiger partial charge in [-0.3, -0.25) is 0 Å². The van der Waals surface area contributed by atoms with Gasteiger partial charge < -0.3 is 26.5 Å². The van der Waals surface area contributed by atoms with Crippen LogP contribution >= 0.6 is 0 Å². The Bertz CT molecular complexity index is 696. The molecule has 1 atom stereocenters. The normalized spacial score (nSPS) is 17.0. The van der Waals surface area contributed by atoms with Crippen molar-refractivity contribution in [2.75, 3.05) is 26.3 Å². The molecular formula is C20H31FN4O. The van der Waals surface area contributed by atoms with Crippen LogP contribution in [0.3, 0.4) is 0 Å². The fraction of sp³-hybridized carbons (Fsp3) is 0.600. The van der Waals surface area contributed by atoms with Crippen molar-refractivity contribution in [2.24, 2.45) is 11.5 Å². The Hall–Kier alpha value is -1.47. The lowest BCUT2D eigenvalue weighted by molar-refractivity contribution is 0.127. The Morgan fingerprint density at radius 1 is 1.27 bits per heavy atom. The second kappa shape index (κ2) is 9.46. The summed E-state index contributed by atoms with van der Waals surface area (Å²) >= 11 is 0. The molecule has 0 aliphatic heterocycles. The standard InChI is InChI=1S/C20H31FN4O/c21-15-6-7-18-17(10-15)20(14-4-2-1-3-5-14)19(25-18)12-24-11-16(23)13-26-9-8-22/h6-7,10,14,16,24-25H,1-5,8-9,11-13,22-23H2/t16-/m1/s1. The zero-order chi connectivity index (χ0) is 18.4. The molecule has 1 aliphatic carbocycles. The van der Waals surface area contributed by atoms with Gasteiger partial charge in [-0.1, -0.05) is 19.3 Å². The molecule has 1 aromatic carbocycles. The average Bonchev–Trinajstić information content (AvgIpc) is 3.00. The minimum atomic E-state index is -0.174. The van der Waals surface area contributed by atoms with Crippen LogP contribution in [0.15, 0.2) is 18.2 Å². The third-order valence-electron chi connectivity index (χ3n) is 5.20. The predicted molar refractivity (Wildman–Crippen MR) is 104 cm³/mol. The van der Waals surface area contributed by atoms with Crippen molar-refractivity contribution in [1.82, 2.24) is 10.3 Å². The molecule has 0 saturated heterocycles. The van der Waals surface area contributed by atoms with E-state index in [9.17, 15) is 4.39 Å². The molecule has 5 nitrogen and oxygen atoms in total. The van der Waals surface area contributed by atoms with Crippen molar-refractivity contribution in [3.05, 3.63) is 35.3 Å². The van der Waals surface area contributed by atoms with Gasteiger partial charge in [0.05, 0.1) is 13.2 Å². The van der Waals surface area contributed by atoms with Crippen molar-refractivity contribution < 1.29 is 9.13 Å². The number of rotatable bonds is 9. The largest absolute Gasteiger partial charge is 0.378 e. The third kappa shape index (κ3) is 4.82. The molecular weight excluding hydrogens is 331 g/mol. The second-order valence-electron chi connectivity index (χ2n) is 7.30. The molecule has 2 aromatic rings. The molecule has 0 bridgehead atoms. The lowest BCUT2D eigenvalue weighted by atomic mass is 9.82. The van der Waals surface area contributed by atoms with Gasteiger partial charge in [0.1, 0.15) is 5.82 Å². The highest BCUT2D eigenvalue weighted by atomic mass is 19.1. The summed E-state index contributed by atoms with van der Waals surface area (Å²) in [4.78, 5) is 3.50. The highest BCUT2D eigenvalue weighted by molar-refractivity contribution is 5.85. The topological polar surface area (TPSA) is 89.1 Å². The molecule has 1 saturated carbocycles. The van der Waals surface area contributed by atoms with E-state index >= 15 is 0 Å². The summed E-state index contributed by atoms with van der Waals surface area (Å²) in [6, 6.07) is 4.96. The Labute approximate surface area is 154 Å². The number of hydrogen-bond acceptors (Lipinski definition) is 4. The van der Waals surface area contributed by atoms with Gasteiger partial charge in [0.2, 0.25) is 0 Å². The fourth-order valence-electron chi connectivity index (χ4n) is 4.00. The molecule has 26 heavy (non-hydrogen) atoms. The van der Waals surface area contributed by atoms with Crippen molar-refractivity contribution in [2.45, 2.75) is 50.6 Å². The van der Waals surface area contributed by atoms with Crippen molar-refractivity contribution in [1.29, 1.82) is 0 Å². The van der Waals surface area contributed by atoms with E-state index < -0.39 is 0 Å². The van der Waals surface area contributed by atoms with Crippen LogP contribution in [-0.4, -0.2) is 37.3 Å². The monoisotopic (exact) mass is 362 g/mol. The molecule has 144 valence electrons. The second-order valence-corrected chi connectivity index (χ2v) is 7.30. The summed E-state index contributed by atoms with van der Waals surface area (Å²) in [7, 11) is 0. The number of aromatic amines is 1. The van der Waals surface area contributed by atoms with Gasteiger partial charge in [0.15, 0.2) is 0 Å². The summed E-state index contributed by atoms with van der Waals surface area (Å²) in [5, 5.41) is 4.45. The Morgan fingerprint density at radius 2 is 2.08 bits per heavy atom. The van der Waals surface area contributed by atoms with Gasteiger partial charge >= 0.3 is 0 Å². The maximum Gasteiger partial charge on any atom is 0.123 e. The van der Waals surface area contributed by atoms with Crippen LogP contribution in [0.25, 0.3) is 10.9 Å². The van der Waals surface area contributed by atoms with Crippen LogP contribution in [0.2, 0.25) is 0 Å². The molecule has 6 heteroatoms. The number of nitrogens with one attached hydrogen (secondary N) is 2. The number of H-pyrrole nitrogens is 1. The van der Waals surface area contributed by atoms with Gasteiger partial charge in [-0.15, -0.1) is 0 Å². The van der Waals surface area contributed by atoms with Gasteiger partial charge in [-0.2, -0.15) is 0 Å². The quantitative estimate of drug-likeness (QED) is 0.517. The average molecular weight is 362 g/mol. The SMILES string of the molecule is NCCOC[C@H](N)CNCc1[nH]c2ccc(F)cc2c1C1CCCCC1. The first-order valence-corrected chi connectivity index (χ1v) is 9.73. The fourth-order valence-corrected chi connectivity index (χ4v) is 4.00. The molecule has 1 fully saturated rings. The molecule has 1 aromatic heterocycles. The van der Waals surface area contributed by atoms with Crippen molar-refractivity contribution >= 4 is 10.9 Å². The van der Waals surface area contributed by atoms with E-state index in [0.29, 0.717) is 38.8 Å². The zero-order valence-corrected chi connectivity index (χ0v) is 15.4. The Kier molecular flexibility index (Phi) is 7.02. The van der Waals surface area contributed by atoms with Crippen LogP contribution in [0.1, 0.15) is 49.3 Å². The van der Waals surface area contributed by atoms with Crippen LogP contribution in [0.5, 0.6) is 0 Å². The molecule has 0 spiro atoms. The van der Waals surface area contributed by atoms with Gasteiger partial charge in [-0.05, 0) is 42.5 Å². The van der Waals surface area contributed by atoms with E-state index in [-0.39, 0.29) is 11.9 Å². The summed E-state index contributed by atoms with van der Waals surface area (Å²) in [5.74, 6) is 0.338. The smallest absolute Gasteiger partial charge is 0.123 e. The highest BCUT2D eigenvalue weighted by Gasteiger charge is 2.23. The summed E-state index contributed by atoms with van der Waals surface area (Å²) in [5.41, 5.74) is 14.9. The number of halogens is 1. The van der Waals surface area contributed by atoms with Crippen LogP contribution in [0.4, 0.5) is 4.39 Å². The van der Waals surface area contributed by atoms with E-state index in [1.807, 2.05) is 6.07 Å². The summed E-state index contributed by atoms with van der Waals surface area (Å²) in [6.45, 7) is 2.91. The summed E-state index contributed by atoms with van der Waals surface area (Å²) < 4.78 is 19.2. The number of ether oxygens (including phenoxy) is 1. The number of nitrogens with two attached hydrogens (primary N) is 2. The third-order valence-corrected chi connectivity index (χ3v) is 5.20. The molecule has 1 aliphatic rings. The first-order valence-electron chi connectivity index (χ1n) is 9.73. The van der Waals surface area contributed by atoms with E-state index in [1.54, 1.807) is 6.07 Å². The molecule has 0 amide bonds. The summed E-state index contributed by atoms with van der Waals surface area (Å²) in [6.07, 6.45) is 6.18. The van der Waals surface area contributed by atoms with E-state index in [1.165, 1.54) is 43.7 Å². The van der Waals surface area contributed by atoms with Crippen molar-refractivity contribution in [3.63, 3.8) is 0 Å². The number of hydrogen-bond donors (Lipinski definition) is 4. The minimum Gasteiger partial charge on any atom is -0.378 e. The molecule has 0 unspecified atom stereocenters. The maximum absolute atomic E-state index is 13.8. The highest BCUT2D eigenvalue weighted by Crippen LogP contribution is 2.38. The Morgan fingerprint density at radius 3 is 2.85 bits per heavy atom. The number of fused-ring (bicyclic) bond motifs is 1. The van der Waals surface area contributed by atoms with Gasteiger partial charge in [0, 0.05) is 42.3 Å². The number of aromatic nitrogens is 1. The van der Waals surface area contributed by atoms with Gasteiger partial charge in [0.25, 0.3) is 0 Å². The van der Waals surface area contributed by atoms with Crippen LogP contribution < -0.4 is 16.8 Å².